The average molecular weight is 182 g/mol. The Balaban J connectivity index is 2.49. The summed E-state index contributed by atoms with van der Waals surface area (Å²) in [5.74, 6) is 2.83. The Kier molecular flexibility index (Phi) is 3.43. The minimum atomic E-state index is 0.582. The second-order valence-electron chi connectivity index (χ2n) is 6.20. The Morgan fingerprint density at radius 3 is 2.23 bits per heavy atom. The molecular formula is C13H26. The Bertz CT molecular complexity index is 155. The molecule has 0 saturated heterocycles. The molecule has 0 aromatic carbocycles. The van der Waals surface area contributed by atoms with Crippen molar-refractivity contribution in [1.82, 2.24) is 0 Å². The van der Waals surface area contributed by atoms with E-state index in [4.69, 9.17) is 0 Å². The van der Waals surface area contributed by atoms with Crippen LogP contribution in [0.1, 0.15) is 60.3 Å². The van der Waals surface area contributed by atoms with E-state index in [0.717, 1.165) is 17.8 Å². The third kappa shape index (κ3) is 3.00. The van der Waals surface area contributed by atoms with Gasteiger partial charge in [0.15, 0.2) is 0 Å². The predicted octanol–water partition coefficient (Wildman–Crippen LogP) is 4.49. The Morgan fingerprint density at radius 1 is 1.23 bits per heavy atom. The van der Waals surface area contributed by atoms with Crippen LogP contribution in [-0.4, -0.2) is 0 Å². The van der Waals surface area contributed by atoms with Crippen molar-refractivity contribution in [3.05, 3.63) is 0 Å². The molecule has 0 aliphatic heterocycles. The van der Waals surface area contributed by atoms with E-state index >= 15 is 0 Å². The molecule has 0 N–H and O–H groups in total. The van der Waals surface area contributed by atoms with Gasteiger partial charge in [-0.15, -0.1) is 0 Å². The molecule has 2 unspecified atom stereocenters. The molecule has 1 fully saturated rings. The molecule has 0 heterocycles. The molecule has 78 valence electrons. The molecule has 0 bridgehead atoms. The van der Waals surface area contributed by atoms with Gasteiger partial charge in [0.05, 0.1) is 0 Å². The van der Waals surface area contributed by atoms with Crippen molar-refractivity contribution < 1.29 is 0 Å². The molecule has 0 radical (unpaired) electrons. The third-order valence-corrected chi connectivity index (χ3v) is 3.73. The maximum atomic E-state index is 2.47. The van der Waals surface area contributed by atoms with Crippen molar-refractivity contribution in [3.8, 4) is 0 Å². The van der Waals surface area contributed by atoms with E-state index in [1.165, 1.54) is 25.7 Å². The van der Waals surface area contributed by atoms with Crippen LogP contribution in [0.3, 0.4) is 0 Å². The highest BCUT2D eigenvalue weighted by Crippen LogP contribution is 2.45. The summed E-state index contributed by atoms with van der Waals surface area (Å²) in [6.45, 7) is 12.0. The van der Waals surface area contributed by atoms with E-state index in [9.17, 15) is 0 Å². The first-order valence-electron chi connectivity index (χ1n) is 5.92. The van der Waals surface area contributed by atoms with Crippen molar-refractivity contribution in [2.45, 2.75) is 60.3 Å². The van der Waals surface area contributed by atoms with Gasteiger partial charge < -0.3 is 0 Å². The smallest absolute Gasteiger partial charge is 0.0323 e. The van der Waals surface area contributed by atoms with Gasteiger partial charge in [-0.2, -0.15) is 0 Å². The van der Waals surface area contributed by atoms with Crippen molar-refractivity contribution in [2.75, 3.05) is 0 Å². The zero-order chi connectivity index (χ0) is 10.1. The molecule has 0 aromatic heterocycles. The SMILES string of the molecule is CC(C)CC(C)(C)C1CCC(C)C1. The lowest BCUT2D eigenvalue weighted by Crippen LogP contribution is -2.23. The molecule has 0 amide bonds. The van der Waals surface area contributed by atoms with Crippen molar-refractivity contribution in [2.24, 2.45) is 23.2 Å². The fourth-order valence-electron chi connectivity index (χ4n) is 3.14. The number of hydrogen-bond donors (Lipinski definition) is 0. The van der Waals surface area contributed by atoms with E-state index < -0.39 is 0 Å². The van der Waals surface area contributed by atoms with Crippen LogP contribution in [0, 0.1) is 23.2 Å². The van der Waals surface area contributed by atoms with Crippen LogP contribution in [0.15, 0.2) is 0 Å². The number of rotatable bonds is 3. The van der Waals surface area contributed by atoms with Crippen molar-refractivity contribution in [3.63, 3.8) is 0 Å². The average Bonchev–Trinajstić information content (AvgIpc) is 2.32. The summed E-state index contributed by atoms with van der Waals surface area (Å²) in [5, 5.41) is 0. The highest BCUT2D eigenvalue weighted by Gasteiger charge is 2.34. The lowest BCUT2D eigenvalue weighted by molar-refractivity contribution is 0.170. The molecule has 0 heteroatoms. The lowest BCUT2D eigenvalue weighted by atomic mass is 9.72. The summed E-state index contributed by atoms with van der Waals surface area (Å²) in [4.78, 5) is 0. The van der Waals surface area contributed by atoms with Crippen LogP contribution in [0.5, 0.6) is 0 Å². The van der Waals surface area contributed by atoms with Gasteiger partial charge in [0, 0.05) is 0 Å². The maximum Gasteiger partial charge on any atom is -0.0323 e. The molecule has 1 aliphatic carbocycles. The zero-order valence-electron chi connectivity index (χ0n) is 10.1. The van der Waals surface area contributed by atoms with Crippen molar-refractivity contribution >= 4 is 0 Å². The first kappa shape index (κ1) is 11.1. The molecular weight excluding hydrogens is 156 g/mol. The highest BCUT2D eigenvalue weighted by molar-refractivity contribution is 4.85. The third-order valence-electron chi connectivity index (χ3n) is 3.73. The van der Waals surface area contributed by atoms with Crippen LogP contribution < -0.4 is 0 Å². The second-order valence-corrected chi connectivity index (χ2v) is 6.20. The fraction of sp³-hybridized carbons (Fsp3) is 1.00. The molecule has 2 atom stereocenters. The molecule has 13 heavy (non-hydrogen) atoms. The van der Waals surface area contributed by atoms with Gasteiger partial charge in [0.1, 0.15) is 0 Å². The van der Waals surface area contributed by atoms with Crippen molar-refractivity contribution in [1.29, 1.82) is 0 Å². The van der Waals surface area contributed by atoms with E-state index in [1.54, 1.807) is 0 Å². The van der Waals surface area contributed by atoms with Gasteiger partial charge in [-0.05, 0) is 42.4 Å². The van der Waals surface area contributed by atoms with Crippen LogP contribution in [0.2, 0.25) is 0 Å². The second kappa shape index (κ2) is 4.02. The minimum absolute atomic E-state index is 0.582. The molecule has 1 aliphatic rings. The summed E-state index contributed by atoms with van der Waals surface area (Å²) in [6, 6.07) is 0. The minimum Gasteiger partial charge on any atom is -0.0628 e. The van der Waals surface area contributed by atoms with E-state index in [-0.39, 0.29) is 0 Å². The monoisotopic (exact) mass is 182 g/mol. The normalized spacial score (nSPS) is 30.0. The topological polar surface area (TPSA) is 0 Å². The summed E-state index contributed by atoms with van der Waals surface area (Å²) >= 11 is 0. The van der Waals surface area contributed by atoms with Crippen LogP contribution in [0.25, 0.3) is 0 Å². The molecule has 1 rings (SSSR count). The first-order valence-corrected chi connectivity index (χ1v) is 5.92. The maximum absolute atomic E-state index is 2.47. The van der Waals surface area contributed by atoms with Gasteiger partial charge >= 0.3 is 0 Å². The first-order chi connectivity index (χ1) is 5.92. The van der Waals surface area contributed by atoms with Crippen LogP contribution in [-0.2, 0) is 0 Å². The van der Waals surface area contributed by atoms with Crippen LogP contribution >= 0.6 is 0 Å². The molecule has 0 aromatic rings. The summed E-state index contributed by atoms with van der Waals surface area (Å²) in [7, 11) is 0. The standard InChI is InChI=1S/C13H26/c1-10(2)9-13(4,5)12-7-6-11(3)8-12/h10-12H,6-9H2,1-5H3. The summed E-state index contributed by atoms with van der Waals surface area (Å²) in [6.07, 6.45) is 5.80. The van der Waals surface area contributed by atoms with Gasteiger partial charge in [-0.25, -0.2) is 0 Å². The molecule has 0 spiro atoms. The lowest BCUT2D eigenvalue weighted by Gasteiger charge is -2.33. The molecule has 1 saturated carbocycles. The number of hydrogen-bond acceptors (Lipinski definition) is 0. The Morgan fingerprint density at radius 2 is 1.85 bits per heavy atom. The van der Waals surface area contributed by atoms with Gasteiger partial charge in [0.2, 0.25) is 0 Å². The zero-order valence-corrected chi connectivity index (χ0v) is 10.1. The summed E-state index contributed by atoms with van der Waals surface area (Å²) in [5.41, 5.74) is 0.582. The fourth-order valence-corrected chi connectivity index (χ4v) is 3.14. The highest BCUT2D eigenvalue weighted by atomic mass is 14.4. The quantitative estimate of drug-likeness (QED) is 0.603. The molecule has 0 nitrogen and oxygen atoms in total. The van der Waals surface area contributed by atoms with Gasteiger partial charge in [-0.1, -0.05) is 41.0 Å². The van der Waals surface area contributed by atoms with E-state index in [0.29, 0.717) is 5.41 Å². The van der Waals surface area contributed by atoms with E-state index in [2.05, 4.69) is 34.6 Å². The largest absolute Gasteiger partial charge is 0.0628 e. The Labute approximate surface area is 84.1 Å². The predicted molar refractivity (Wildman–Crippen MR) is 59.7 cm³/mol. The summed E-state index contributed by atoms with van der Waals surface area (Å²) < 4.78 is 0. The van der Waals surface area contributed by atoms with Gasteiger partial charge in [-0.3, -0.25) is 0 Å². The van der Waals surface area contributed by atoms with Gasteiger partial charge in [0.25, 0.3) is 0 Å². The van der Waals surface area contributed by atoms with Crippen LogP contribution in [0.4, 0.5) is 0 Å². The van der Waals surface area contributed by atoms with E-state index in [1.807, 2.05) is 0 Å². The Hall–Kier alpha value is 0.